The molecule has 19 heavy (non-hydrogen) atoms. The molecule has 0 aliphatic heterocycles. The first-order chi connectivity index (χ1) is 9.36. The summed E-state index contributed by atoms with van der Waals surface area (Å²) >= 11 is 0. The van der Waals surface area contributed by atoms with Crippen LogP contribution in [0.15, 0.2) is 30.3 Å². The maximum Gasteiger partial charge on any atom is 0.0601 e. The lowest BCUT2D eigenvalue weighted by Gasteiger charge is -2.41. The number of ether oxygens (including phenoxy) is 1. The number of nitrogens with one attached hydrogen (secondary N) is 1. The summed E-state index contributed by atoms with van der Waals surface area (Å²) in [5.41, 5.74) is 1.52. The minimum atomic E-state index is 0.497. The SMILES string of the molecule is COC1CC(NC2CCCCC2c2ccccc2)C1. The van der Waals surface area contributed by atoms with Gasteiger partial charge in [-0.05, 0) is 37.2 Å². The molecular formula is C17H25NO. The minimum Gasteiger partial charge on any atom is -0.381 e. The first-order valence-electron chi connectivity index (χ1n) is 7.70. The summed E-state index contributed by atoms with van der Waals surface area (Å²) in [6.07, 6.45) is 8.29. The van der Waals surface area contributed by atoms with Crippen molar-refractivity contribution in [3.63, 3.8) is 0 Å². The maximum absolute atomic E-state index is 5.38. The van der Waals surface area contributed by atoms with Gasteiger partial charge in [0, 0.05) is 19.2 Å². The fraction of sp³-hybridized carbons (Fsp3) is 0.647. The molecule has 1 aromatic carbocycles. The first-order valence-corrected chi connectivity index (χ1v) is 7.70. The predicted molar refractivity (Wildman–Crippen MR) is 78.4 cm³/mol. The summed E-state index contributed by atoms with van der Waals surface area (Å²) in [5, 5.41) is 3.89. The number of benzene rings is 1. The molecule has 3 rings (SSSR count). The molecule has 2 atom stereocenters. The Morgan fingerprint density at radius 1 is 1.05 bits per heavy atom. The molecule has 0 heterocycles. The highest BCUT2D eigenvalue weighted by Gasteiger charge is 2.34. The Balaban J connectivity index is 1.62. The van der Waals surface area contributed by atoms with Crippen LogP contribution in [0.5, 0.6) is 0 Å². The minimum absolute atomic E-state index is 0.497. The summed E-state index contributed by atoms with van der Waals surface area (Å²) in [7, 11) is 1.83. The largest absolute Gasteiger partial charge is 0.381 e. The molecule has 2 saturated carbocycles. The predicted octanol–water partition coefficient (Wildman–Crippen LogP) is 3.48. The standard InChI is InChI=1S/C17H25NO/c1-19-15-11-14(12-15)18-17-10-6-5-9-16(17)13-7-3-2-4-8-13/h2-4,7-8,14-18H,5-6,9-12H2,1H3. The average molecular weight is 259 g/mol. The normalized spacial score (nSPS) is 34.8. The van der Waals surface area contributed by atoms with Gasteiger partial charge >= 0.3 is 0 Å². The van der Waals surface area contributed by atoms with E-state index in [1.165, 1.54) is 44.1 Å². The molecule has 2 heteroatoms. The summed E-state index contributed by atoms with van der Waals surface area (Å²) in [5.74, 6) is 0.705. The van der Waals surface area contributed by atoms with Gasteiger partial charge in [-0.3, -0.25) is 0 Å². The second kappa shape index (κ2) is 6.06. The molecule has 104 valence electrons. The highest BCUT2D eigenvalue weighted by atomic mass is 16.5. The van der Waals surface area contributed by atoms with E-state index in [2.05, 4.69) is 35.6 Å². The number of methoxy groups -OCH3 is 1. The topological polar surface area (TPSA) is 21.3 Å². The van der Waals surface area contributed by atoms with Crippen LogP contribution >= 0.6 is 0 Å². The van der Waals surface area contributed by atoms with Crippen molar-refractivity contribution in [2.75, 3.05) is 7.11 Å². The fourth-order valence-electron chi connectivity index (χ4n) is 3.63. The van der Waals surface area contributed by atoms with E-state index in [-0.39, 0.29) is 0 Å². The van der Waals surface area contributed by atoms with Crippen LogP contribution in [0.3, 0.4) is 0 Å². The lowest BCUT2D eigenvalue weighted by Crippen LogP contribution is -2.51. The molecule has 2 fully saturated rings. The number of rotatable bonds is 4. The summed E-state index contributed by atoms with van der Waals surface area (Å²) < 4.78 is 5.38. The Hall–Kier alpha value is -0.860. The highest BCUT2D eigenvalue weighted by Crippen LogP contribution is 2.35. The van der Waals surface area contributed by atoms with Gasteiger partial charge in [0.2, 0.25) is 0 Å². The van der Waals surface area contributed by atoms with E-state index in [1.54, 1.807) is 0 Å². The van der Waals surface area contributed by atoms with Gasteiger partial charge in [0.1, 0.15) is 0 Å². The Bertz CT molecular complexity index is 386. The van der Waals surface area contributed by atoms with Crippen LogP contribution in [0.1, 0.15) is 50.0 Å². The van der Waals surface area contributed by atoms with Crippen molar-refractivity contribution in [1.29, 1.82) is 0 Å². The van der Waals surface area contributed by atoms with Gasteiger partial charge in [-0.2, -0.15) is 0 Å². The van der Waals surface area contributed by atoms with Crippen molar-refractivity contribution >= 4 is 0 Å². The number of hydrogen-bond donors (Lipinski definition) is 1. The Kier molecular flexibility index (Phi) is 4.19. The van der Waals surface area contributed by atoms with E-state index in [4.69, 9.17) is 4.74 Å². The fourth-order valence-corrected chi connectivity index (χ4v) is 3.63. The van der Waals surface area contributed by atoms with Crippen LogP contribution in [0.4, 0.5) is 0 Å². The third kappa shape index (κ3) is 3.01. The van der Waals surface area contributed by atoms with Gasteiger partial charge < -0.3 is 10.1 Å². The molecule has 2 nitrogen and oxygen atoms in total. The van der Waals surface area contributed by atoms with E-state index in [0.29, 0.717) is 24.1 Å². The molecule has 2 aliphatic carbocycles. The van der Waals surface area contributed by atoms with Crippen molar-refractivity contribution in [3.05, 3.63) is 35.9 Å². The van der Waals surface area contributed by atoms with Gasteiger partial charge in [-0.15, -0.1) is 0 Å². The van der Waals surface area contributed by atoms with Gasteiger partial charge in [-0.1, -0.05) is 43.2 Å². The molecule has 1 aromatic rings. The smallest absolute Gasteiger partial charge is 0.0601 e. The van der Waals surface area contributed by atoms with Crippen LogP contribution in [-0.2, 0) is 4.74 Å². The van der Waals surface area contributed by atoms with E-state index in [9.17, 15) is 0 Å². The van der Waals surface area contributed by atoms with Gasteiger partial charge in [-0.25, -0.2) is 0 Å². The molecule has 0 spiro atoms. The third-order valence-electron chi connectivity index (χ3n) is 4.87. The monoisotopic (exact) mass is 259 g/mol. The lowest BCUT2D eigenvalue weighted by atomic mass is 9.78. The second-order valence-corrected chi connectivity index (χ2v) is 6.10. The average Bonchev–Trinajstić information content (AvgIpc) is 2.44. The van der Waals surface area contributed by atoms with Crippen LogP contribution < -0.4 is 5.32 Å². The zero-order chi connectivity index (χ0) is 13.1. The Morgan fingerprint density at radius 3 is 2.53 bits per heavy atom. The molecule has 1 N–H and O–H groups in total. The zero-order valence-electron chi connectivity index (χ0n) is 11.8. The van der Waals surface area contributed by atoms with E-state index >= 15 is 0 Å². The van der Waals surface area contributed by atoms with Crippen molar-refractivity contribution < 1.29 is 4.74 Å². The first kappa shape index (κ1) is 13.1. The molecule has 0 amide bonds. The van der Waals surface area contributed by atoms with Crippen LogP contribution in [0.2, 0.25) is 0 Å². The van der Waals surface area contributed by atoms with Gasteiger partial charge in [0.05, 0.1) is 6.10 Å². The van der Waals surface area contributed by atoms with Crippen molar-refractivity contribution in [2.24, 2.45) is 0 Å². The Labute approximate surface area is 116 Å². The van der Waals surface area contributed by atoms with Crippen molar-refractivity contribution in [3.8, 4) is 0 Å². The molecular weight excluding hydrogens is 234 g/mol. The highest BCUT2D eigenvalue weighted by molar-refractivity contribution is 5.22. The third-order valence-corrected chi connectivity index (χ3v) is 4.87. The molecule has 0 radical (unpaired) electrons. The van der Waals surface area contributed by atoms with E-state index < -0.39 is 0 Å². The molecule has 0 aromatic heterocycles. The Morgan fingerprint density at radius 2 is 1.79 bits per heavy atom. The quantitative estimate of drug-likeness (QED) is 0.894. The molecule has 2 unspecified atom stereocenters. The summed E-state index contributed by atoms with van der Waals surface area (Å²) in [6, 6.07) is 12.4. The zero-order valence-corrected chi connectivity index (χ0v) is 11.8. The molecule has 0 saturated heterocycles. The molecule has 2 aliphatic rings. The number of hydrogen-bond acceptors (Lipinski definition) is 2. The van der Waals surface area contributed by atoms with Gasteiger partial charge in [0.15, 0.2) is 0 Å². The van der Waals surface area contributed by atoms with E-state index in [1.807, 2.05) is 7.11 Å². The summed E-state index contributed by atoms with van der Waals surface area (Å²) in [6.45, 7) is 0. The van der Waals surface area contributed by atoms with E-state index in [0.717, 1.165) is 0 Å². The van der Waals surface area contributed by atoms with Crippen LogP contribution in [0.25, 0.3) is 0 Å². The van der Waals surface area contributed by atoms with Crippen molar-refractivity contribution in [2.45, 2.75) is 62.6 Å². The second-order valence-electron chi connectivity index (χ2n) is 6.10. The van der Waals surface area contributed by atoms with Crippen LogP contribution in [0, 0.1) is 0 Å². The lowest BCUT2D eigenvalue weighted by molar-refractivity contribution is 0.0118. The molecule has 0 bridgehead atoms. The van der Waals surface area contributed by atoms with Gasteiger partial charge in [0.25, 0.3) is 0 Å². The maximum atomic E-state index is 5.38. The van der Waals surface area contributed by atoms with Crippen LogP contribution in [-0.4, -0.2) is 25.3 Å². The van der Waals surface area contributed by atoms with Crippen molar-refractivity contribution in [1.82, 2.24) is 5.32 Å². The summed E-state index contributed by atoms with van der Waals surface area (Å²) in [4.78, 5) is 0.